The van der Waals surface area contributed by atoms with Gasteiger partial charge in [-0.15, -0.1) is 5.10 Å². The van der Waals surface area contributed by atoms with Gasteiger partial charge in [-0.05, 0) is 56.2 Å². The number of rotatable bonds is 4. The van der Waals surface area contributed by atoms with Crippen molar-refractivity contribution in [3.8, 4) is 22.8 Å². The molecule has 3 heterocycles. The monoisotopic (exact) mass is 336 g/mol. The van der Waals surface area contributed by atoms with Crippen molar-refractivity contribution in [1.82, 2.24) is 19.7 Å². The number of aromatic nitrogens is 4. The Morgan fingerprint density at radius 3 is 2.52 bits per heavy atom. The van der Waals surface area contributed by atoms with Crippen molar-refractivity contribution in [1.29, 1.82) is 0 Å². The molecule has 0 N–H and O–H groups in total. The van der Waals surface area contributed by atoms with Gasteiger partial charge in [0.1, 0.15) is 11.4 Å². The maximum atomic E-state index is 6.02. The highest BCUT2D eigenvalue weighted by Crippen LogP contribution is 2.36. The first kappa shape index (κ1) is 15.8. The van der Waals surface area contributed by atoms with Gasteiger partial charge in [0, 0.05) is 24.6 Å². The molecule has 0 spiro atoms. The van der Waals surface area contributed by atoms with Gasteiger partial charge in [0.25, 0.3) is 0 Å². The van der Waals surface area contributed by atoms with Crippen LogP contribution in [0.4, 0.5) is 0 Å². The number of methoxy groups -OCH3 is 1. The van der Waals surface area contributed by atoms with E-state index in [1.165, 1.54) is 0 Å². The Morgan fingerprint density at radius 2 is 1.88 bits per heavy atom. The zero-order valence-electron chi connectivity index (χ0n) is 14.3. The zero-order valence-corrected chi connectivity index (χ0v) is 14.3. The van der Waals surface area contributed by atoms with E-state index in [1.54, 1.807) is 19.5 Å². The molecular formula is C19H20N4O2. The van der Waals surface area contributed by atoms with Crippen LogP contribution < -0.4 is 4.74 Å². The topological polar surface area (TPSA) is 62.1 Å². The van der Waals surface area contributed by atoms with Gasteiger partial charge in [0.15, 0.2) is 11.6 Å². The van der Waals surface area contributed by atoms with E-state index in [0.717, 1.165) is 42.3 Å². The van der Waals surface area contributed by atoms with Gasteiger partial charge in [0.2, 0.25) is 0 Å². The van der Waals surface area contributed by atoms with Crippen molar-refractivity contribution in [2.75, 3.05) is 13.7 Å². The second-order valence-electron chi connectivity index (χ2n) is 6.29. The van der Waals surface area contributed by atoms with Gasteiger partial charge < -0.3 is 9.47 Å². The van der Waals surface area contributed by atoms with Crippen molar-refractivity contribution in [2.45, 2.75) is 25.4 Å². The molecule has 1 aromatic carbocycles. The van der Waals surface area contributed by atoms with Crippen LogP contribution >= 0.6 is 0 Å². The van der Waals surface area contributed by atoms with Gasteiger partial charge in [-0.2, -0.15) is 0 Å². The summed E-state index contributed by atoms with van der Waals surface area (Å²) in [6, 6.07) is 11.6. The summed E-state index contributed by atoms with van der Waals surface area (Å²) < 4.78 is 13.2. The average Bonchev–Trinajstić information content (AvgIpc) is 3.30. The van der Waals surface area contributed by atoms with Crippen LogP contribution in [0.1, 0.15) is 25.6 Å². The number of pyridine rings is 1. The van der Waals surface area contributed by atoms with Gasteiger partial charge in [-0.25, -0.2) is 9.67 Å². The summed E-state index contributed by atoms with van der Waals surface area (Å²) in [7, 11) is 1.66. The van der Waals surface area contributed by atoms with E-state index in [0.29, 0.717) is 5.82 Å². The molecule has 0 aliphatic carbocycles. The van der Waals surface area contributed by atoms with Gasteiger partial charge in [0.05, 0.1) is 12.8 Å². The lowest BCUT2D eigenvalue weighted by Crippen LogP contribution is -2.25. The first-order chi connectivity index (χ1) is 12.2. The van der Waals surface area contributed by atoms with Gasteiger partial charge >= 0.3 is 0 Å². The van der Waals surface area contributed by atoms with Crippen LogP contribution in [0.15, 0.2) is 48.8 Å². The van der Waals surface area contributed by atoms with E-state index in [9.17, 15) is 0 Å². The van der Waals surface area contributed by atoms with E-state index in [1.807, 2.05) is 41.1 Å². The Labute approximate surface area is 146 Å². The van der Waals surface area contributed by atoms with Gasteiger partial charge in [-0.3, -0.25) is 4.98 Å². The van der Waals surface area contributed by atoms with Crippen LogP contribution in [0.25, 0.3) is 17.1 Å². The normalized spacial score (nSPS) is 19.9. The van der Waals surface area contributed by atoms with E-state index in [4.69, 9.17) is 19.6 Å². The zero-order chi connectivity index (χ0) is 17.3. The molecule has 1 atom stereocenters. The molecule has 25 heavy (non-hydrogen) atoms. The standard InChI is InChI=1S/C19H20N4O2/c1-19(10-3-13-25-19)18-21-17(14-8-11-20-12-9-14)22-23(18)15-4-6-16(24-2)7-5-15/h4-9,11-12H,3,10,13H2,1-2H3/t19-/m1/s1. The molecule has 0 amide bonds. The molecular weight excluding hydrogens is 316 g/mol. The maximum absolute atomic E-state index is 6.02. The summed E-state index contributed by atoms with van der Waals surface area (Å²) in [5.41, 5.74) is 1.43. The molecule has 2 aromatic heterocycles. The molecule has 6 nitrogen and oxygen atoms in total. The summed E-state index contributed by atoms with van der Waals surface area (Å²) in [6.07, 6.45) is 5.45. The van der Waals surface area contributed by atoms with Crippen molar-refractivity contribution in [2.24, 2.45) is 0 Å². The highest BCUT2D eigenvalue weighted by molar-refractivity contribution is 5.54. The minimum Gasteiger partial charge on any atom is -0.497 e. The summed E-state index contributed by atoms with van der Waals surface area (Å²) in [5.74, 6) is 2.30. The van der Waals surface area contributed by atoms with E-state index in [-0.39, 0.29) is 0 Å². The largest absolute Gasteiger partial charge is 0.497 e. The van der Waals surface area contributed by atoms with Crippen LogP contribution in [-0.4, -0.2) is 33.5 Å². The summed E-state index contributed by atoms with van der Waals surface area (Å²) in [5, 5.41) is 4.75. The molecule has 6 heteroatoms. The smallest absolute Gasteiger partial charge is 0.182 e. The van der Waals surface area contributed by atoms with Crippen LogP contribution in [0.3, 0.4) is 0 Å². The fourth-order valence-corrected chi connectivity index (χ4v) is 3.14. The lowest BCUT2D eigenvalue weighted by atomic mass is 10.0. The summed E-state index contributed by atoms with van der Waals surface area (Å²) >= 11 is 0. The van der Waals surface area contributed by atoms with E-state index >= 15 is 0 Å². The number of nitrogens with zero attached hydrogens (tertiary/aromatic N) is 4. The molecule has 128 valence electrons. The summed E-state index contributed by atoms with van der Waals surface area (Å²) in [6.45, 7) is 2.83. The molecule has 1 fully saturated rings. The molecule has 0 radical (unpaired) electrons. The summed E-state index contributed by atoms with van der Waals surface area (Å²) in [4.78, 5) is 8.89. The van der Waals surface area contributed by atoms with Crippen molar-refractivity contribution < 1.29 is 9.47 Å². The predicted molar refractivity (Wildman–Crippen MR) is 93.7 cm³/mol. The van der Waals surface area contributed by atoms with Crippen LogP contribution in [0.5, 0.6) is 5.75 Å². The SMILES string of the molecule is COc1ccc(-n2nc(-c3ccncc3)nc2[C@@]2(C)CCCO2)cc1. The third-order valence-corrected chi connectivity index (χ3v) is 4.55. The molecule has 1 saturated heterocycles. The molecule has 3 aromatic rings. The van der Waals surface area contributed by atoms with Crippen molar-refractivity contribution in [3.63, 3.8) is 0 Å². The first-order valence-electron chi connectivity index (χ1n) is 8.36. The number of hydrogen-bond donors (Lipinski definition) is 0. The molecule has 0 unspecified atom stereocenters. The Morgan fingerprint density at radius 1 is 1.12 bits per heavy atom. The third kappa shape index (κ3) is 2.89. The Bertz CT molecular complexity index is 853. The van der Waals surface area contributed by atoms with E-state index in [2.05, 4.69) is 11.9 Å². The Kier molecular flexibility index (Phi) is 3.97. The minimum atomic E-state index is -0.432. The third-order valence-electron chi connectivity index (χ3n) is 4.55. The predicted octanol–water partition coefficient (Wildman–Crippen LogP) is 3.36. The fourth-order valence-electron chi connectivity index (χ4n) is 3.14. The second-order valence-corrected chi connectivity index (χ2v) is 6.29. The van der Waals surface area contributed by atoms with Crippen LogP contribution in [0.2, 0.25) is 0 Å². The van der Waals surface area contributed by atoms with Crippen LogP contribution in [-0.2, 0) is 10.3 Å². The van der Waals surface area contributed by atoms with Gasteiger partial charge in [-0.1, -0.05) is 0 Å². The average molecular weight is 336 g/mol. The first-order valence-corrected chi connectivity index (χ1v) is 8.36. The Balaban J connectivity index is 1.84. The Hall–Kier alpha value is -2.73. The van der Waals surface area contributed by atoms with Crippen molar-refractivity contribution in [3.05, 3.63) is 54.6 Å². The van der Waals surface area contributed by atoms with E-state index < -0.39 is 5.60 Å². The minimum absolute atomic E-state index is 0.432. The quantitative estimate of drug-likeness (QED) is 0.731. The van der Waals surface area contributed by atoms with Crippen LogP contribution in [0, 0.1) is 0 Å². The molecule has 4 rings (SSSR count). The molecule has 0 bridgehead atoms. The number of hydrogen-bond acceptors (Lipinski definition) is 5. The highest BCUT2D eigenvalue weighted by Gasteiger charge is 2.37. The number of ether oxygens (including phenoxy) is 2. The second kappa shape index (κ2) is 6.29. The lowest BCUT2D eigenvalue weighted by Gasteiger charge is -2.22. The maximum Gasteiger partial charge on any atom is 0.182 e. The number of benzene rings is 1. The van der Waals surface area contributed by atoms with Crippen molar-refractivity contribution >= 4 is 0 Å². The molecule has 1 aliphatic heterocycles. The molecule has 0 saturated carbocycles. The fraction of sp³-hybridized carbons (Fsp3) is 0.316. The lowest BCUT2D eigenvalue weighted by molar-refractivity contribution is 0.00768. The molecule has 1 aliphatic rings. The highest BCUT2D eigenvalue weighted by atomic mass is 16.5.